The second-order valence-electron chi connectivity index (χ2n) is 4.76. The summed E-state index contributed by atoms with van der Waals surface area (Å²) in [6, 6.07) is 6.53. The maximum absolute atomic E-state index is 5.90. The van der Waals surface area contributed by atoms with E-state index in [1.54, 1.807) is 0 Å². The highest BCUT2D eigenvalue weighted by Gasteiger charge is 2.19. The van der Waals surface area contributed by atoms with Gasteiger partial charge < -0.3 is 15.2 Å². The van der Waals surface area contributed by atoms with Crippen LogP contribution in [0.25, 0.3) is 0 Å². The minimum absolute atomic E-state index is 0.340. The Bertz CT molecular complexity index is 408. The first kappa shape index (κ1) is 10.9. The summed E-state index contributed by atoms with van der Waals surface area (Å²) in [5.74, 6) is 1.73. The van der Waals surface area contributed by atoms with Gasteiger partial charge in [0.05, 0.1) is 0 Å². The third kappa shape index (κ3) is 2.37. The number of hydrogen-bond acceptors (Lipinski definition) is 4. The van der Waals surface area contributed by atoms with E-state index in [-0.39, 0.29) is 0 Å². The van der Waals surface area contributed by atoms with E-state index in [2.05, 4.69) is 17.0 Å². The van der Waals surface area contributed by atoms with Gasteiger partial charge in [0.1, 0.15) is 13.2 Å². The first-order chi connectivity index (χ1) is 8.31. The average Bonchev–Trinajstić information content (AvgIpc) is 2.75. The summed E-state index contributed by atoms with van der Waals surface area (Å²) in [4.78, 5) is 2.38. The molecule has 4 nitrogen and oxygen atoms in total. The van der Waals surface area contributed by atoms with Crippen LogP contribution in [0.15, 0.2) is 18.2 Å². The SMILES string of the molecule is NC1CCN(Cc2ccc3c(c2)OCCO3)C1. The first-order valence-electron chi connectivity index (χ1n) is 6.18. The largest absolute Gasteiger partial charge is 0.486 e. The van der Waals surface area contributed by atoms with Crippen LogP contribution in [0.3, 0.4) is 0 Å². The Hall–Kier alpha value is -1.26. The number of fused-ring (bicyclic) bond motifs is 1. The van der Waals surface area contributed by atoms with Gasteiger partial charge in [0.2, 0.25) is 0 Å². The number of hydrogen-bond donors (Lipinski definition) is 1. The van der Waals surface area contributed by atoms with Crippen molar-refractivity contribution in [1.82, 2.24) is 4.90 Å². The van der Waals surface area contributed by atoms with Crippen LogP contribution in [0, 0.1) is 0 Å². The molecule has 92 valence electrons. The normalized spacial score (nSPS) is 23.9. The molecule has 0 bridgehead atoms. The third-order valence-electron chi connectivity index (χ3n) is 3.32. The molecule has 0 aliphatic carbocycles. The summed E-state index contributed by atoms with van der Waals surface area (Å²) in [6.45, 7) is 4.33. The number of likely N-dealkylation sites (tertiary alicyclic amines) is 1. The summed E-state index contributed by atoms with van der Waals surface area (Å²) in [7, 11) is 0. The van der Waals surface area contributed by atoms with Crippen LogP contribution in [0.2, 0.25) is 0 Å². The van der Waals surface area contributed by atoms with Gasteiger partial charge in [0.15, 0.2) is 11.5 Å². The maximum Gasteiger partial charge on any atom is 0.161 e. The van der Waals surface area contributed by atoms with Crippen molar-refractivity contribution >= 4 is 0 Å². The van der Waals surface area contributed by atoms with Gasteiger partial charge in [-0.15, -0.1) is 0 Å². The summed E-state index contributed by atoms with van der Waals surface area (Å²) in [5.41, 5.74) is 7.17. The second kappa shape index (κ2) is 4.55. The fraction of sp³-hybridized carbons (Fsp3) is 0.538. The third-order valence-corrected chi connectivity index (χ3v) is 3.32. The second-order valence-corrected chi connectivity index (χ2v) is 4.76. The minimum Gasteiger partial charge on any atom is -0.486 e. The van der Waals surface area contributed by atoms with Gasteiger partial charge in [0.25, 0.3) is 0 Å². The summed E-state index contributed by atoms with van der Waals surface area (Å²) in [6.07, 6.45) is 1.10. The molecule has 1 unspecified atom stereocenters. The minimum atomic E-state index is 0.340. The summed E-state index contributed by atoms with van der Waals surface area (Å²) < 4.78 is 11.1. The van der Waals surface area contributed by atoms with E-state index in [1.165, 1.54) is 5.56 Å². The molecule has 0 spiro atoms. The highest BCUT2D eigenvalue weighted by molar-refractivity contribution is 5.43. The molecule has 1 aromatic carbocycles. The van der Waals surface area contributed by atoms with Gasteiger partial charge in [-0.25, -0.2) is 0 Å². The summed E-state index contributed by atoms with van der Waals surface area (Å²) in [5, 5.41) is 0. The molecular weight excluding hydrogens is 216 g/mol. The van der Waals surface area contributed by atoms with E-state index in [0.29, 0.717) is 19.3 Å². The topological polar surface area (TPSA) is 47.7 Å². The van der Waals surface area contributed by atoms with E-state index in [0.717, 1.165) is 37.6 Å². The molecule has 0 amide bonds. The Morgan fingerprint density at radius 2 is 2.06 bits per heavy atom. The molecular formula is C13H18N2O2. The molecule has 2 aliphatic heterocycles. The van der Waals surface area contributed by atoms with E-state index >= 15 is 0 Å². The van der Waals surface area contributed by atoms with Gasteiger partial charge in [-0.1, -0.05) is 6.07 Å². The van der Waals surface area contributed by atoms with E-state index < -0.39 is 0 Å². The zero-order valence-corrected chi connectivity index (χ0v) is 9.89. The van der Waals surface area contributed by atoms with E-state index in [1.807, 2.05) is 6.07 Å². The first-order valence-corrected chi connectivity index (χ1v) is 6.18. The van der Waals surface area contributed by atoms with Crippen molar-refractivity contribution in [3.63, 3.8) is 0 Å². The Morgan fingerprint density at radius 3 is 2.82 bits per heavy atom. The molecule has 17 heavy (non-hydrogen) atoms. The van der Waals surface area contributed by atoms with Crippen molar-refractivity contribution in [2.24, 2.45) is 5.73 Å². The molecule has 2 N–H and O–H groups in total. The predicted molar refractivity (Wildman–Crippen MR) is 65.3 cm³/mol. The molecule has 4 heteroatoms. The standard InChI is InChI=1S/C13H18N2O2/c14-11-3-4-15(9-11)8-10-1-2-12-13(7-10)17-6-5-16-12/h1-2,7,11H,3-6,8-9,14H2. The molecule has 3 rings (SSSR count). The van der Waals surface area contributed by atoms with Crippen molar-refractivity contribution in [3.8, 4) is 11.5 Å². The molecule has 1 aromatic rings. The van der Waals surface area contributed by atoms with E-state index in [4.69, 9.17) is 15.2 Å². The number of nitrogens with zero attached hydrogens (tertiary/aromatic N) is 1. The van der Waals surface area contributed by atoms with E-state index in [9.17, 15) is 0 Å². The molecule has 0 saturated carbocycles. The van der Waals surface area contributed by atoms with Crippen molar-refractivity contribution < 1.29 is 9.47 Å². The Kier molecular flexibility index (Phi) is 2.91. The molecule has 1 fully saturated rings. The smallest absolute Gasteiger partial charge is 0.161 e. The predicted octanol–water partition coefficient (Wildman–Crippen LogP) is 0.991. The van der Waals surface area contributed by atoms with Crippen LogP contribution in [0.5, 0.6) is 11.5 Å². The van der Waals surface area contributed by atoms with Crippen LogP contribution in [-0.2, 0) is 6.54 Å². The van der Waals surface area contributed by atoms with Crippen LogP contribution >= 0.6 is 0 Å². The lowest BCUT2D eigenvalue weighted by atomic mass is 10.2. The number of benzene rings is 1. The zero-order valence-electron chi connectivity index (χ0n) is 9.89. The number of ether oxygens (including phenoxy) is 2. The van der Waals surface area contributed by atoms with Gasteiger partial charge in [-0.3, -0.25) is 4.90 Å². The van der Waals surface area contributed by atoms with Crippen molar-refractivity contribution in [2.75, 3.05) is 26.3 Å². The zero-order chi connectivity index (χ0) is 11.7. The van der Waals surface area contributed by atoms with Gasteiger partial charge >= 0.3 is 0 Å². The summed E-state index contributed by atoms with van der Waals surface area (Å²) >= 11 is 0. The fourth-order valence-corrected chi connectivity index (χ4v) is 2.45. The lowest BCUT2D eigenvalue weighted by molar-refractivity contribution is 0.171. The number of rotatable bonds is 2. The lowest BCUT2D eigenvalue weighted by Crippen LogP contribution is -2.26. The maximum atomic E-state index is 5.90. The van der Waals surface area contributed by atoms with Crippen LogP contribution in [0.4, 0.5) is 0 Å². The Labute approximate surface area is 101 Å². The van der Waals surface area contributed by atoms with Gasteiger partial charge in [0, 0.05) is 25.7 Å². The monoisotopic (exact) mass is 234 g/mol. The molecule has 1 saturated heterocycles. The van der Waals surface area contributed by atoms with Crippen molar-refractivity contribution in [1.29, 1.82) is 0 Å². The quantitative estimate of drug-likeness (QED) is 0.829. The van der Waals surface area contributed by atoms with Crippen molar-refractivity contribution in [3.05, 3.63) is 23.8 Å². The highest BCUT2D eigenvalue weighted by Crippen LogP contribution is 2.31. The lowest BCUT2D eigenvalue weighted by Gasteiger charge is -2.20. The van der Waals surface area contributed by atoms with Gasteiger partial charge in [-0.05, 0) is 24.1 Å². The Morgan fingerprint density at radius 1 is 1.24 bits per heavy atom. The molecule has 0 radical (unpaired) electrons. The molecule has 2 aliphatic rings. The van der Waals surface area contributed by atoms with Crippen LogP contribution in [-0.4, -0.2) is 37.2 Å². The highest BCUT2D eigenvalue weighted by atomic mass is 16.6. The van der Waals surface area contributed by atoms with Crippen LogP contribution < -0.4 is 15.2 Å². The Balaban J connectivity index is 1.71. The van der Waals surface area contributed by atoms with Gasteiger partial charge in [-0.2, -0.15) is 0 Å². The number of nitrogens with two attached hydrogens (primary N) is 1. The molecule has 0 aromatic heterocycles. The molecule has 1 atom stereocenters. The van der Waals surface area contributed by atoms with Crippen molar-refractivity contribution in [2.45, 2.75) is 19.0 Å². The molecule has 2 heterocycles. The fourth-order valence-electron chi connectivity index (χ4n) is 2.45. The van der Waals surface area contributed by atoms with Crippen LogP contribution in [0.1, 0.15) is 12.0 Å². The average molecular weight is 234 g/mol.